The number of rotatable bonds is 4. The van der Waals surface area contributed by atoms with Gasteiger partial charge >= 0.3 is 0 Å². The van der Waals surface area contributed by atoms with Crippen LogP contribution < -0.4 is 5.56 Å². The lowest BCUT2D eigenvalue weighted by molar-refractivity contribution is 0.0993. The third-order valence-corrected chi connectivity index (χ3v) is 7.68. The summed E-state index contributed by atoms with van der Waals surface area (Å²) in [4.78, 5) is 32.6. The van der Waals surface area contributed by atoms with Crippen molar-refractivity contribution in [2.24, 2.45) is 7.05 Å². The van der Waals surface area contributed by atoms with Crippen molar-refractivity contribution >= 4 is 39.1 Å². The van der Waals surface area contributed by atoms with Crippen LogP contribution in [0.5, 0.6) is 0 Å². The number of aromatic nitrogens is 2. The van der Waals surface area contributed by atoms with Crippen LogP contribution in [0.25, 0.3) is 10.2 Å². The molecule has 0 amide bonds. The fraction of sp³-hybridized carbons (Fsp3) is 0.381. The Hall–Kier alpha value is -1.92. The van der Waals surface area contributed by atoms with Crippen LogP contribution in [-0.2, 0) is 19.9 Å². The minimum atomic E-state index is -0.311. The average Bonchev–Trinajstić information content (AvgIpc) is 3.21. The number of ketones is 1. The molecule has 2 aromatic heterocycles. The highest BCUT2D eigenvalue weighted by Crippen LogP contribution is 2.36. The number of thioether (sulfide) groups is 1. The highest BCUT2D eigenvalue weighted by atomic mass is 32.2. The van der Waals surface area contributed by atoms with Crippen molar-refractivity contribution < 1.29 is 4.79 Å². The van der Waals surface area contributed by atoms with Crippen LogP contribution in [0.3, 0.4) is 0 Å². The van der Waals surface area contributed by atoms with Crippen molar-refractivity contribution in [3.05, 3.63) is 55.7 Å². The monoisotopic (exact) mass is 398 g/mol. The summed E-state index contributed by atoms with van der Waals surface area (Å²) in [6.07, 6.45) is 3.14. The number of hydrogen-bond donors (Lipinski definition) is 0. The molecule has 4 nitrogen and oxygen atoms in total. The van der Waals surface area contributed by atoms with Gasteiger partial charge in [-0.15, -0.1) is 11.3 Å². The molecule has 4 rings (SSSR count). The van der Waals surface area contributed by atoms with E-state index in [4.69, 9.17) is 4.98 Å². The van der Waals surface area contributed by atoms with Crippen LogP contribution in [0.4, 0.5) is 0 Å². The predicted molar refractivity (Wildman–Crippen MR) is 112 cm³/mol. The Bertz CT molecular complexity index is 1130. The van der Waals surface area contributed by atoms with Gasteiger partial charge in [0.15, 0.2) is 10.9 Å². The number of Topliss-reactive ketones (excluding diaryl/α,β-unsaturated/α-hetero) is 1. The van der Waals surface area contributed by atoms with Crippen LogP contribution in [0, 0.1) is 13.8 Å². The number of aryl methyl sites for hydroxylation is 4. The van der Waals surface area contributed by atoms with E-state index in [2.05, 4.69) is 0 Å². The first-order valence-electron chi connectivity index (χ1n) is 9.16. The summed E-state index contributed by atoms with van der Waals surface area (Å²) in [7, 11) is 1.75. The minimum absolute atomic E-state index is 0.00716. The van der Waals surface area contributed by atoms with Gasteiger partial charge in [0.05, 0.1) is 10.6 Å². The third-order valence-electron chi connectivity index (χ3n) is 5.35. The van der Waals surface area contributed by atoms with Crippen molar-refractivity contribution in [1.82, 2.24) is 9.55 Å². The van der Waals surface area contributed by atoms with E-state index in [-0.39, 0.29) is 16.6 Å². The molecule has 1 unspecified atom stereocenters. The molecule has 0 N–H and O–H groups in total. The molecule has 0 saturated heterocycles. The predicted octanol–water partition coefficient (Wildman–Crippen LogP) is 4.46. The van der Waals surface area contributed by atoms with Gasteiger partial charge in [-0.2, -0.15) is 0 Å². The third kappa shape index (κ3) is 3.15. The van der Waals surface area contributed by atoms with Gasteiger partial charge < -0.3 is 0 Å². The zero-order valence-corrected chi connectivity index (χ0v) is 17.6. The summed E-state index contributed by atoms with van der Waals surface area (Å²) in [5.74, 6) is 0.0612. The number of thiophene rings is 1. The Labute approximate surface area is 166 Å². The van der Waals surface area contributed by atoms with Crippen molar-refractivity contribution in [3.63, 3.8) is 0 Å². The molecule has 6 heteroatoms. The number of benzene rings is 1. The van der Waals surface area contributed by atoms with Crippen molar-refractivity contribution in [2.75, 3.05) is 0 Å². The van der Waals surface area contributed by atoms with Crippen LogP contribution in [0.2, 0.25) is 0 Å². The van der Waals surface area contributed by atoms with Crippen molar-refractivity contribution in [2.45, 2.75) is 50.4 Å². The summed E-state index contributed by atoms with van der Waals surface area (Å²) < 4.78 is 1.60. The summed E-state index contributed by atoms with van der Waals surface area (Å²) in [6.45, 7) is 5.93. The lowest BCUT2D eigenvalue weighted by Gasteiger charge is -2.13. The molecule has 0 spiro atoms. The van der Waals surface area contributed by atoms with E-state index >= 15 is 0 Å². The number of hydrogen-bond acceptors (Lipinski definition) is 5. The van der Waals surface area contributed by atoms with Gasteiger partial charge in [0.25, 0.3) is 5.56 Å². The second-order valence-corrected chi connectivity index (χ2v) is 9.61. The minimum Gasteiger partial charge on any atom is -0.293 e. The van der Waals surface area contributed by atoms with Gasteiger partial charge in [0.1, 0.15) is 4.83 Å². The Balaban J connectivity index is 1.66. The van der Waals surface area contributed by atoms with Crippen LogP contribution in [0.1, 0.15) is 45.3 Å². The molecule has 140 valence electrons. The Morgan fingerprint density at radius 2 is 2.04 bits per heavy atom. The highest BCUT2D eigenvalue weighted by molar-refractivity contribution is 8.00. The molecular formula is C21H22N2O2S2. The lowest BCUT2D eigenvalue weighted by atomic mass is 10.0. The summed E-state index contributed by atoms with van der Waals surface area (Å²) in [6, 6.07) is 5.79. The molecule has 2 heterocycles. The quantitative estimate of drug-likeness (QED) is 0.370. The van der Waals surface area contributed by atoms with Crippen LogP contribution in [0.15, 0.2) is 28.2 Å². The van der Waals surface area contributed by atoms with Gasteiger partial charge in [-0.05, 0) is 62.8 Å². The molecule has 3 aromatic rings. The average molecular weight is 399 g/mol. The van der Waals surface area contributed by atoms with Crippen LogP contribution >= 0.6 is 23.1 Å². The summed E-state index contributed by atoms with van der Waals surface area (Å²) in [5.41, 5.74) is 4.19. The summed E-state index contributed by atoms with van der Waals surface area (Å²) in [5, 5.41) is 1.08. The second-order valence-electron chi connectivity index (χ2n) is 7.22. The number of nitrogens with zero attached hydrogens (tertiary/aromatic N) is 2. The largest absolute Gasteiger partial charge is 0.293 e. The number of carbonyl (C=O) groups excluding carboxylic acids is 1. The van der Waals surface area contributed by atoms with E-state index in [1.165, 1.54) is 27.8 Å². The van der Waals surface area contributed by atoms with Gasteiger partial charge in [0.2, 0.25) is 0 Å². The first kappa shape index (κ1) is 18.4. The molecule has 1 atom stereocenters. The van der Waals surface area contributed by atoms with Crippen molar-refractivity contribution in [3.8, 4) is 0 Å². The summed E-state index contributed by atoms with van der Waals surface area (Å²) >= 11 is 3.00. The van der Waals surface area contributed by atoms with E-state index in [0.717, 1.165) is 35.0 Å². The maximum absolute atomic E-state index is 12.9. The fourth-order valence-corrected chi connectivity index (χ4v) is 5.81. The maximum Gasteiger partial charge on any atom is 0.262 e. The Morgan fingerprint density at radius 1 is 1.26 bits per heavy atom. The fourth-order valence-electron chi connectivity index (χ4n) is 3.55. The zero-order chi connectivity index (χ0) is 19.3. The van der Waals surface area contributed by atoms with Gasteiger partial charge in [-0.3, -0.25) is 14.2 Å². The topological polar surface area (TPSA) is 52.0 Å². The molecule has 27 heavy (non-hydrogen) atoms. The van der Waals surface area contributed by atoms with E-state index in [1.807, 2.05) is 39.0 Å². The number of carbonyl (C=O) groups is 1. The Morgan fingerprint density at radius 3 is 2.78 bits per heavy atom. The molecule has 0 bridgehead atoms. The first-order chi connectivity index (χ1) is 12.9. The van der Waals surface area contributed by atoms with E-state index in [1.54, 1.807) is 23.0 Å². The van der Waals surface area contributed by atoms with Crippen molar-refractivity contribution in [1.29, 1.82) is 0 Å². The maximum atomic E-state index is 12.9. The molecule has 1 aliphatic carbocycles. The van der Waals surface area contributed by atoms with Gasteiger partial charge in [0, 0.05) is 17.5 Å². The molecular weight excluding hydrogens is 376 g/mol. The highest BCUT2D eigenvalue weighted by Gasteiger charge is 2.24. The molecule has 1 aromatic carbocycles. The Kier molecular flexibility index (Phi) is 4.72. The SMILES string of the molecule is Cc1ccc(C(=O)C(C)Sc2nc3sc4c(c3c(=O)n2C)CCC4)cc1C. The van der Waals surface area contributed by atoms with E-state index in [0.29, 0.717) is 10.7 Å². The van der Waals surface area contributed by atoms with Crippen LogP contribution in [-0.4, -0.2) is 20.6 Å². The van der Waals surface area contributed by atoms with E-state index in [9.17, 15) is 9.59 Å². The second kappa shape index (κ2) is 6.91. The molecule has 0 aliphatic heterocycles. The number of fused-ring (bicyclic) bond motifs is 3. The normalized spacial score (nSPS) is 14.5. The smallest absolute Gasteiger partial charge is 0.262 e. The molecule has 0 saturated carbocycles. The lowest BCUT2D eigenvalue weighted by Crippen LogP contribution is -2.22. The molecule has 0 radical (unpaired) electrons. The zero-order valence-electron chi connectivity index (χ0n) is 16.0. The molecule has 0 fully saturated rings. The first-order valence-corrected chi connectivity index (χ1v) is 10.9. The molecule has 1 aliphatic rings. The van der Waals surface area contributed by atoms with Gasteiger partial charge in [-0.1, -0.05) is 23.9 Å². The van der Waals surface area contributed by atoms with Gasteiger partial charge in [-0.25, -0.2) is 4.98 Å². The standard InChI is InChI=1S/C21H22N2O2S2/c1-11-8-9-14(10-12(11)2)18(24)13(3)26-21-22-19-17(20(25)23(21)4)15-6-5-7-16(15)27-19/h8-10,13H,5-7H2,1-4H3. The van der Waals surface area contributed by atoms with E-state index < -0.39 is 0 Å².